The fourth-order valence-electron chi connectivity index (χ4n) is 2.67. The number of rotatable bonds is 6. The third kappa shape index (κ3) is 4.24. The molecule has 0 fully saturated rings. The van der Waals surface area contributed by atoms with Gasteiger partial charge in [-0.15, -0.1) is 0 Å². The minimum Gasteiger partial charge on any atom is -0.450 e. The van der Waals surface area contributed by atoms with E-state index < -0.39 is 11.8 Å². The predicted octanol–water partition coefficient (Wildman–Crippen LogP) is 1.85. The highest BCUT2D eigenvalue weighted by molar-refractivity contribution is 5.76. The molecule has 0 aliphatic carbocycles. The number of para-hydroxylation sites is 1. The zero-order valence-corrected chi connectivity index (χ0v) is 14.2. The topological polar surface area (TPSA) is 93.2 Å². The molecule has 1 aromatic heterocycles. The number of hydrogen-bond acceptors (Lipinski definition) is 4. The van der Waals surface area contributed by atoms with Crippen molar-refractivity contribution < 1.29 is 9.53 Å². The first kappa shape index (κ1) is 17.8. The van der Waals surface area contributed by atoms with Gasteiger partial charge in [0.15, 0.2) is 0 Å². The Labute approximate surface area is 139 Å². The van der Waals surface area contributed by atoms with Crippen LogP contribution in [0.4, 0.5) is 4.79 Å². The van der Waals surface area contributed by atoms with Gasteiger partial charge in [-0.05, 0) is 31.4 Å². The van der Waals surface area contributed by atoms with Crippen LogP contribution in [-0.2, 0) is 11.3 Å². The van der Waals surface area contributed by atoms with Crippen molar-refractivity contribution in [3.8, 4) is 0 Å². The van der Waals surface area contributed by atoms with Gasteiger partial charge >= 0.3 is 11.8 Å². The maximum Gasteiger partial charge on any atom is 0.407 e. The van der Waals surface area contributed by atoms with E-state index in [9.17, 15) is 14.4 Å². The lowest BCUT2D eigenvalue weighted by atomic mass is 10.0. The molecule has 7 heteroatoms. The highest BCUT2D eigenvalue weighted by Gasteiger charge is 2.18. The number of hydrogen-bond donors (Lipinski definition) is 2. The maximum absolute atomic E-state index is 12.6. The van der Waals surface area contributed by atoms with Gasteiger partial charge in [0.1, 0.15) is 0 Å². The number of H-pyrrole nitrogens is 1. The number of alkyl carbamates (subject to hydrolysis) is 1. The summed E-state index contributed by atoms with van der Waals surface area (Å²) in [6, 6.07) is 6.48. The first-order chi connectivity index (χ1) is 11.4. The second-order valence-corrected chi connectivity index (χ2v) is 6.08. The van der Waals surface area contributed by atoms with Gasteiger partial charge in [0.05, 0.1) is 30.1 Å². The van der Waals surface area contributed by atoms with Crippen LogP contribution >= 0.6 is 0 Å². The summed E-state index contributed by atoms with van der Waals surface area (Å²) in [6.07, 6.45) is 0.0748. The van der Waals surface area contributed by atoms with Gasteiger partial charge in [0.2, 0.25) is 0 Å². The molecule has 0 saturated heterocycles. The fraction of sp³-hybridized carbons (Fsp3) is 0.471. The molecule has 0 aliphatic rings. The Balaban J connectivity index is 2.34. The number of aromatic nitrogens is 2. The molecular formula is C17H23N3O4. The quantitative estimate of drug-likeness (QED) is 0.844. The van der Waals surface area contributed by atoms with E-state index in [0.717, 1.165) is 4.57 Å². The number of carbonyl (C=O) groups excluding carboxylic acids is 1. The van der Waals surface area contributed by atoms with Crippen LogP contribution in [0.1, 0.15) is 27.2 Å². The molecule has 2 aromatic rings. The highest BCUT2D eigenvalue weighted by atomic mass is 16.5. The molecule has 0 spiro atoms. The Morgan fingerprint density at radius 1 is 1.29 bits per heavy atom. The van der Waals surface area contributed by atoms with Crippen molar-refractivity contribution in [3.63, 3.8) is 0 Å². The second kappa shape index (κ2) is 7.81. The summed E-state index contributed by atoms with van der Waals surface area (Å²) >= 11 is 0. The lowest BCUT2D eigenvalue weighted by Crippen LogP contribution is -2.45. The standard InChI is InChI=1S/C17H23N3O4/c1-4-24-17(23)18-12(9-11(2)3)10-20-15(21)13-7-5-6-8-14(13)19-16(20)22/h5-8,11-12H,4,9-10H2,1-3H3,(H,18,23)(H,19,22)/t12-/m0/s1. The molecule has 1 aromatic carbocycles. The number of nitrogens with one attached hydrogen (secondary N) is 2. The van der Waals surface area contributed by atoms with Gasteiger partial charge in [-0.3, -0.25) is 9.36 Å². The molecule has 0 aliphatic heterocycles. The Kier molecular flexibility index (Phi) is 5.78. The highest BCUT2D eigenvalue weighted by Crippen LogP contribution is 2.08. The van der Waals surface area contributed by atoms with E-state index in [4.69, 9.17) is 4.74 Å². The number of aromatic amines is 1. The molecule has 1 heterocycles. The van der Waals surface area contributed by atoms with Gasteiger partial charge in [-0.25, -0.2) is 9.59 Å². The number of amides is 1. The lowest BCUT2D eigenvalue weighted by Gasteiger charge is -2.21. The zero-order chi connectivity index (χ0) is 17.7. The summed E-state index contributed by atoms with van der Waals surface area (Å²) in [4.78, 5) is 39.2. The smallest absolute Gasteiger partial charge is 0.407 e. The largest absolute Gasteiger partial charge is 0.450 e. The van der Waals surface area contributed by atoms with Crippen molar-refractivity contribution in [2.24, 2.45) is 5.92 Å². The Bertz CT molecular complexity index is 822. The Morgan fingerprint density at radius 3 is 2.67 bits per heavy atom. The SMILES string of the molecule is CCOC(=O)N[C@@H](CC(C)C)Cn1c(=O)[nH]c2ccccc2c1=O. The average Bonchev–Trinajstić information content (AvgIpc) is 2.51. The first-order valence-electron chi connectivity index (χ1n) is 8.07. The number of ether oxygens (including phenoxy) is 1. The summed E-state index contributed by atoms with van der Waals surface area (Å²) in [5.74, 6) is 0.284. The second-order valence-electron chi connectivity index (χ2n) is 6.08. The molecule has 2 rings (SSSR count). The maximum atomic E-state index is 12.6. The molecule has 0 bridgehead atoms. The van der Waals surface area contributed by atoms with E-state index in [1.807, 2.05) is 13.8 Å². The van der Waals surface area contributed by atoms with E-state index in [1.54, 1.807) is 31.2 Å². The van der Waals surface area contributed by atoms with Gasteiger partial charge in [0, 0.05) is 0 Å². The zero-order valence-electron chi connectivity index (χ0n) is 14.2. The van der Waals surface area contributed by atoms with Crippen molar-refractivity contribution >= 4 is 17.0 Å². The van der Waals surface area contributed by atoms with Crippen molar-refractivity contribution in [1.29, 1.82) is 0 Å². The van der Waals surface area contributed by atoms with Crippen molar-refractivity contribution in [1.82, 2.24) is 14.9 Å². The number of benzene rings is 1. The van der Waals surface area contributed by atoms with Crippen LogP contribution in [0.2, 0.25) is 0 Å². The van der Waals surface area contributed by atoms with Crippen LogP contribution in [0, 0.1) is 5.92 Å². The van der Waals surface area contributed by atoms with Gasteiger partial charge in [0.25, 0.3) is 5.56 Å². The first-order valence-corrected chi connectivity index (χ1v) is 8.07. The monoisotopic (exact) mass is 333 g/mol. The van der Waals surface area contributed by atoms with Crippen LogP contribution in [0.25, 0.3) is 10.9 Å². The van der Waals surface area contributed by atoms with E-state index in [0.29, 0.717) is 17.3 Å². The molecular weight excluding hydrogens is 310 g/mol. The molecule has 2 N–H and O–H groups in total. The summed E-state index contributed by atoms with van der Waals surface area (Å²) in [7, 11) is 0. The Hall–Kier alpha value is -2.57. The third-order valence-electron chi connectivity index (χ3n) is 3.65. The Morgan fingerprint density at radius 2 is 2.00 bits per heavy atom. The number of fused-ring (bicyclic) bond motifs is 1. The minimum absolute atomic E-state index is 0.0932. The normalized spacial score (nSPS) is 12.3. The molecule has 24 heavy (non-hydrogen) atoms. The molecule has 0 unspecified atom stereocenters. The van der Waals surface area contributed by atoms with Crippen molar-refractivity contribution in [3.05, 3.63) is 45.1 Å². The van der Waals surface area contributed by atoms with Crippen LogP contribution in [-0.4, -0.2) is 28.3 Å². The van der Waals surface area contributed by atoms with Crippen LogP contribution in [0.15, 0.2) is 33.9 Å². The van der Waals surface area contributed by atoms with Crippen LogP contribution in [0.5, 0.6) is 0 Å². The fourth-order valence-corrected chi connectivity index (χ4v) is 2.67. The van der Waals surface area contributed by atoms with Crippen molar-refractivity contribution in [2.45, 2.75) is 39.8 Å². The van der Waals surface area contributed by atoms with Gasteiger partial charge in [-0.1, -0.05) is 26.0 Å². The molecule has 7 nitrogen and oxygen atoms in total. The van der Waals surface area contributed by atoms with E-state index in [1.165, 1.54) is 0 Å². The molecule has 1 atom stereocenters. The molecule has 1 amide bonds. The molecule has 0 radical (unpaired) electrons. The van der Waals surface area contributed by atoms with E-state index in [2.05, 4.69) is 10.3 Å². The number of carbonyl (C=O) groups is 1. The van der Waals surface area contributed by atoms with Crippen LogP contribution in [0.3, 0.4) is 0 Å². The minimum atomic E-state index is -0.548. The summed E-state index contributed by atoms with van der Waals surface area (Å²) < 4.78 is 6.03. The average molecular weight is 333 g/mol. The molecule has 0 saturated carbocycles. The predicted molar refractivity (Wildman–Crippen MR) is 92.2 cm³/mol. The van der Waals surface area contributed by atoms with Crippen LogP contribution < -0.4 is 16.6 Å². The summed E-state index contributed by atoms with van der Waals surface area (Å²) in [5.41, 5.74) is -0.352. The molecule has 130 valence electrons. The van der Waals surface area contributed by atoms with Gasteiger partial charge < -0.3 is 15.0 Å². The van der Waals surface area contributed by atoms with E-state index >= 15 is 0 Å². The third-order valence-corrected chi connectivity index (χ3v) is 3.65. The van der Waals surface area contributed by atoms with Gasteiger partial charge in [-0.2, -0.15) is 0 Å². The van der Waals surface area contributed by atoms with Crippen molar-refractivity contribution in [2.75, 3.05) is 6.61 Å². The van der Waals surface area contributed by atoms with E-state index in [-0.39, 0.29) is 30.7 Å². The summed E-state index contributed by atoms with van der Waals surface area (Å²) in [5, 5.41) is 3.17. The number of nitrogens with zero attached hydrogens (tertiary/aromatic N) is 1. The lowest BCUT2D eigenvalue weighted by molar-refractivity contribution is 0.145. The summed E-state index contributed by atoms with van der Waals surface area (Å²) in [6.45, 7) is 6.09.